The summed E-state index contributed by atoms with van der Waals surface area (Å²) in [5, 5.41) is 0. The van der Waals surface area contributed by atoms with Crippen molar-refractivity contribution in [2.24, 2.45) is 0 Å². The summed E-state index contributed by atoms with van der Waals surface area (Å²) in [5.41, 5.74) is 0. The molecule has 0 rings (SSSR count). The van der Waals surface area contributed by atoms with E-state index < -0.39 is 7.82 Å². The van der Waals surface area contributed by atoms with E-state index in [1.807, 2.05) is 0 Å². The lowest BCUT2D eigenvalue weighted by Crippen LogP contribution is -2.30. The zero-order chi connectivity index (χ0) is 14.0. The number of carbonyl (C=O) groups is 1. The van der Waals surface area contributed by atoms with E-state index in [0.717, 1.165) is 12.8 Å². The lowest BCUT2D eigenvalue weighted by atomic mass is 10.2. The Bertz CT molecular complexity index is 325. The van der Waals surface area contributed by atoms with Crippen molar-refractivity contribution < 1.29 is 23.7 Å². The van der Waals surface area contributed by atoms with Gasteiger partial charge in [-0.25, -0.2) is 4.57 Å². The molecule has 0 aromatic heterocycles. The second-order valence-corrected chi connectivity index (χ2v) is 4.90. The van der Waals surface area contributed by atoms with Gasteiger partial charge in [0, 0.05) is 13.1 Å². The highest BCUT2D eigenvalue weighted by Crippen LogP contribution is 2.35. The number of phosphoric ester groups is 1. The lowest BCUT2D eigenvalue weighted by molar-refractivity contribution is -0.125. The quantitative estimate of drug-likeness (QED) is 0.273. The first-order valence-electron chi connectivity index (χ1n) is 5.63. The second-order valence-electron chi connectivity index (χ2n) is 3.66. The summed E-state index contributed by atoms with van der Waals surface area (Å²) in [6, 6.07) is 0. The molecule has 0 aromatic rings. The standard InChI is InChI=1S/C11H20NO5P/c1-3-8-12(11(13)4-2)9-6-5-7-10-17-18(14,15)16/h3-4H,1-2,5-10H2,(H2,14,15,16). The van der Waals surface area contributed by atoms with Crippen LogP contribution in [0.4, 0.5) is 0 Å². The van der Waals surface area contributed by atoms with E-state index in [9.17, 15) is 9.36 Å². The van der Waals surface area contributed by atoms with Gasteiger partial charge in [0.15, 0.2) is 0 Å². The zero-order valence-corrected chi connectivity index (χ0v) is 11.2. The van der Waals surface area contributed by atoms with Gasteiger partial charge in [0.1, 0.15) is 0 Å². The van der Waals surface area contributed by atoms with Gasteiger partial charge in [-0.05, 0) is 25.3 Å². The Kier molecular flexibility index (Phi) is 8.58. The number of unbranched alkanes of at least 4 members (excludes halogenated alkanes) is 2. The second kappa shape index (κ2) is 9.05. The highest BCUT2D eigenvalue weighted by molar-refractivity contribution is 7.46. The van der Waals surface area contributed by atoms with E-state index in [0.29, 0.717) is 19.5 Å². The minimum absolute atomic E-state index is 0.0150. The van der Waals surface area contributed by atoms with E-state index in [-0.39, 0.29) is 12.5 Å². The highest BCUT2D eigenvalue weighted by Gasteiger charge is 2.12. The summed E-state index contributed by atoms with van der Waals surface area (Å²) in [7, 11) is -4.36. The van der Waals surface area contributed by atoms with Crippen molar-refractivity contribution in [3.8, 4) is 0 Å². The van der Waals surface area contributed by atoms with Gasteiger partial charge in [-0.3, -0.25) is 9.32 Å². The number of phosphoric acid groups is 1. The summed E-state index contributed by atoms with van der Waals surface area (Å²) < 4.78 is 14.7. The lowest BCUT2D eigenvalue weighted by Gasteiger charge is -2.19. The molecule has 104 valence electrons. The third-order valence-corrected chi connectivity index (χ3v) is 2.69. The fraction of sp³-hybridized carbons (Fsp3) is 0.545. The first-order chi connectivity index (χ1) is 8.40. The SMILES string of the molecule is C=CCN(CCCCCOP(=O)(O)O)C(=O)C=C. The molecule has 0 aliphatic heterocycles. The van der Waals surface area contributed by atoms with Gasteiger partial charge in [-0.2, -0.15) is 0 Å². The van der Waals surface area contributed by atoms with Gasteiger partial charge in [0.2, 0.25) is 5.91 Å². The summed E-state index contributed by atoms with van der Waals surface area (Å²) in [4.78, 5) is 29.9. The smallest absolute Gasteiger partial charge is 0.335 e. The third-order valence-electron chi connectivity index (χ3n) is 2.17. The normalized spacial score (nSPS) is 11.0. The average Bonchev–Trinajstić information content (AvgIpc) is 2.29. The predicted molar refractivity (Wildman–Crippen MR) is 68.8 cm³/mol. The van der Waals surface area contributed by atoms with Crippen molar-refractivity contribution in [3.63, 3.8) is 0 Å². The topological polar surface area (TPSA) is 87.1 Å². The molecular weight excluding hydrogens is 257 g/mol. The van der Waals surface area contributed by atoms with Crippen LogP contribution in [0.1, 0.15) is 19.3 Å². The molecule has 0 aliphatic rings. The number of hydrogen-bond acceptors (Lipinski definition) is 3. The Balaban J connectivity index is 3.73. The maximum Gasteiger partial charge on any atom is 0.469 e. The number of hydrogen-bond donors (Lipinski definition) is 2. The van der Waals surface area contributed by atoms with Crippen molar-refractivity contribution in [3.05, 3.63) is 25.3 Å². The molecule has 0 spiro atoms. The number of carbonyl (C=O) groups excluding carboxylic acids is 1. The maximum atomic E-state index is 11.4. The minimum Gasteiger partial charge on any atom is -0.335 e. The minimum atomic E-state index is -4.36. The summed E-state index contributed by atoms with van der Waals surface area (Å²) >= 11 is 0. The molecule has 0 heterocycles. The largest absolute Gasteiger partial charge is 0.469 e. The molecule has 0 bridgehead atoms. The van der Waals surface area contributed by atoms with Crippen LogP contribution in [0.15, 0.2) is 25.3 Å². The first kappa shape index (κ1) is 17.1. The zero-order valence-electron chi connectivity index (χ0n) is 10.3. The Morgan fingerprint density at radius 2 is 1.94 bits per heavy atom. The van der Waals surface area contributed by atoms with Crippen molar-refractivity contribution >= 4 is 13.7 Å². The number of amides is 1. The average molecular weight is 277 g/mol. The summed E-state index contributed by atoms with van der Waals surface area (Å²) in [6.45, 7) is 8.02. The number of rotatable bonds is 10. The Hall–Kier alpha value is -0.940. The molecule has 2 N–H and O–H groups in total. The van der Waals surface area contributed by atoms with E-state index >= 15 is 0 Å². The molecule has 0 unspecified atom stereocenters. The van der Waals surface area contributed by atoms with Gasteiger partial charge < -0.3 is 14.7 Å². The van der Waals surface area contributed by atoms with Gasteiger partial charge >= 0.3 is 7.82 Å². The monoisotopic (exact) mass is 277 g/mol. The van der Waals surface area contributed by atoms with Crippen molar-refractivity contribution in [1.82, 2.24) is 4.90 Å². The molecule has 0 aromatic carbocycles. The first-order valence-corrected chi connectivity index (χ1v) is 7.16. The molecule has 7 heteroatoms. The van der Waals surface area contributed by atoms with Crippen molar-refractivity contribution in [2.45, 2.75) is 19.3 Å². The van der Waals surface area contributed by atoms with Crippen LogP contribution >= 0.6 is 7.82 Å². The van der Waals surface area contributed by atoms with Crippen molar-refractivity contribution in [2.75, 3.05) is 19.7 Å². The van der Waals surface area contributed by atoms with E-state index in [1.165, 1.54) is 6.08 Å². The molecule has 0 saturated carbocycles. The van der Waals surface area contributed by atoms with Gasteiger partial charge in [-0.1, -0.05) is 12.7 Å². The highest BCUT2D eigenvalue weighted by atomic mass is 31.2. The van der Waals surface area contributed by atoms with Crippen LogP contribution in [-0.2, 0) is 13.9 Å². The van der Waals surface area contributed by atoms with Crippen LogP contribution < -0.4 is 0 Å². The van der Waals surface area contributed by atoms with Crippen LogP contribution in [0.25, 0.3) is 0 Å². The van der Waals surface area contributed by atoms with E-state index in [1.54, 1.807) is 11.0 Å². The van der Waals surface area contributed by atoms with Crippen molar-refractivity contribution in [1.29, 1.82) is 0 Å². The molecule has 1 amide bonds. The number of nitrogens with zero attached hydrogens (tertiary/aromatic N) is 1. The molecule has 0 fully saturated rings. The molecule has 0 atom stereocenters. The van der Waals surface area contributed by atoms with Crippen LogP contribution in [0.2, 0.25) is 0 Å². The van der Waals surface area contributed by atoms with E-state index in [4.69, 9.17) is 9.79 Å². The van der Waals surface area contributed by atoms with Crippen LogP contribution in [-0.4, -0.2) is 40.3 Å². The van der Waals surface area contributed by atoms with Crippen LogP contribution in [0.5, 0.6) is 0 Å². The predicted octanol–water partition coefficient (Wildman–Crippen LogP) is 1.47. The van der Waals surface area contributed by atoms with Crippen LogP contribution in [0.3, 0.4) is 0 Å². The van der Waals surface area contributed by atoms with Gasteiger partial charge in [0.05, 0.1) is 6.61 Å². The molecular formula is C11H20NO5P. The molecule has 18 heavy (non-hydrogen) atoms. The fourth-order valence-electron chi connectivity index (χ4n) is 1.34. The Morgan fingerprint density at radius 3 is 2.44 bits per heavy atom. The Labute approximate surface area is 107 Å². The third kappa shape index (κ3) is 9.13. The molecule has 0 radical (unpaired) electrons. The van der Waals surface area contributed by atoms with E-state index in [2.05, 4.69) is 17.7 Å². The van der Waals surface area contributed by atoms with Crippen LogP contribution in [0, 0.1) is 0 Å². The van der Waals surface area contributed by atoms with Gasteiger partial charge in [0.25, 0.3) is 0 Å². The summed E-state index contributed by atoms with van der Waals surface area (Å²) in [5.74, 6) is -0.152. The molecule has 0 saturated heterocycles. The maximum absolute atomic E-state index is 11.4. The Morgan fingerprint density at radius 1 is 1.28 bits per heavy atom. The summed E-state index contributed by atoms with van der Waals surface area (Å²) in [6.07, 6.45) is 4.88. The molecule has 0 aliphatic carbocycles. The molecule has 6 nitrogen and oxygen atoms in total. The van der Waals surface area contributed by atoms with Gasteiger partial charge in [-0.15, -0.1) is 6.58 Å². The fourth-order valence-corrected chi connectivity index (χ4v) is 1.71.